The minimum atomic E-state index is -0.915. The van der Waals surface area contributed by atoms with Gasteiger partial charge in [0.15, 0.2) is 0 Å². The highest BCUT2D eigenvalue weighted by atomic mass is 16.6. The van der Waals surface area contributed by atoms with E-state index in [4.69, 9.17) is 15.3 Å². The third-order valence-electron chi connectivity index (χ3n) is 4.59. The topological polar surface area (TPSA) is 104 Å². The zero-order chi connectivity index (χ0) is 15.2. The zero-order valence-corrected chi connectivity index (χ0v) is 12.1. The summed E-state index contributed by atoms with van der Waals surface area (Å²) in [5, 5.41) is 21.3. The molecule has 2 aliphatic heterocycles. The van der Waals surface area contributed by atoms with Crippen LogP contribution in [0.1, 0.15) is 18.5 Å². The summed E-state index contributed by atoms with van der Waals surface area (Å²) in [7, 11) is 1.54. The highest BCUT2D eigenvalue weighted by Gasteiger charge is 2.56. The molecule has 7 heteroatoms. The fourth-order valence-electron chi connectivity index (χ4n) is 3.24. The lowest BCUT2D eigenvalue weighted by atomic mass is 9.82. The molecule has 2 aliphatic rings. The number of hydrogen-bond donors (Lipinski definition) is 4. The van der Waals surface area contributed by atoms with Crippen LogP contribution in [-0.2, 0) is 9.47 Å². The maximum Gasteiger partial charge on any atom is 0.120 e. The van der Waals surface area contributed by atoms with Gasteiger partial charge >= 0.3 is 0 Å². The number of nitrogens with two attached hydrogens (primary N) is 1. The molecule has 0 saturated carbocycles. The normalized spacial score (nSPS) is 38.8. The Morgan fingerprint density at radius 3 is 3.00 bits per heavy atom. The number of ether oxygens (including phenoxy) is 2. The molecule has 0 bridgehead atoms. The first kappa shape index (κ1) is 14.6. The smallest absolute Gasteiger partial charge is 0.120 e. The molecule has 5 N–H and O–H groups in total. The molecule has 3 heterocycles. The Hall–Kier alpha value is -1.38. The van der Waals surface area contributed by atoms with E-state index < -0.39 is 23.9 Å². The number of fused-ring (bicyclic) bond motifs is 1. The second-order valence-electron chi connectivity index (χ2n) is 5.66. The molecule has 7 nitrogen and oxygen atoms in total. The Morgan fingerprint density at radius 1 is 1.57 bits per heavy atom. The van der Waals surface area contributed by atoms with Gasteiger partial charge in [0, 0.05) is 19.5 Å². The standard InChI is InChI=1S/C14H21N3O4/c1-14(20-2)12(19)10(7-18)21-13(14)8-4-6-17(15)9-3-5-16-11(8)9/h3-6,8,10,12-13,16,18-19H,7,15H2,1-2H3/t8?,10-,12-,13+,14-/m1/s1. The second-order valence-corrected chi connectivity index (χ2v) is 5.66. The Bertz CT molecular complexity index is 546. The number of anilines is 1. The van der Waals surface area contributed by atoms with Crippen LogP contribution < -0.4 is 10.9 Å². The molecule has 0 radical (unpaired) electrons. The van der Waals surface area contributed by atoms with E-state index in [9.17, 15) is 10.2 Å². The van der Waals surface area contributed by atoms with Crippen LogP contribution in [0.5, 0.6) is 0 Å². The second kappa shape index (κ2) is 5.11. The number of nitrogens with one attached hydrogen (secondary N) is 1. The molecule has 3 rings (SSSR count). The first-order valence-electron chi connectivity index (χ1n) is 6.92. The van der Waals surface area contributed by atoms with E-state index in [1.807, 2.05) is 18.3 Å². The van der Waals surface area contributed by atoms with Gasteiger partial charge in [-0.2, -0.15) is 0 Å². The van der Waals surface area contributed by atoms with Gasteiger partial charge in [0.1, 0.15) is 23.9 Å². The number of aliphatic hydroxyl groups excluding tert-OH is 2. The maximum atomic E-state index is 10.4. The summed E-state index contributed by atoms with van der Waals surface area (Å²) in [6.07, 6.45) is 3.48. The van der Waals surface area contributed by atoms with E-state index in [1.54, 1.807) is 13.1 Å². The van der Waals surface area contributed by atoms with Crippen LogP contribution in [0.25, 0.3) is 0 Å². The summed E-state index contributed by atoms with van der Waals surface area (Å²) < 4.78 is 11.4. The van der Waals surface area contributed by atoms with Crippen LogP contribution in [0, 0.1) is 0 Å². The van der Waals surface area contributed by atoms with Crippen LogP contribution in [0.15, 0.2) is 24.5 Å². The van der Waals surface area contributed by atoms with Crippen molar-refractivity contribution in [1.82, 2.24) is 4.98 Å². The summed E-state index contributed by atoms with van der Waals surface area (Å²) in [4.78, 5) is 3.17. The summed E-state index contributed by atoms with van der Waals surface area (Å²) in [5.74, 6) is 5.75. The minimum absolute atomic E-state index is 0.147. The average Bonchev–Trinajstić information content (AvgIpc) is 3.07. The van der Waals surface area contributed by atoms with E-state index in [-0.39, 0.29) is 12.5 Å². The van der Waals surface area contributed by atoms with Crippen molar-refractivity contribution in [1.29, 1.82) is 0 Å². The Kier molecular flexibility index (Phi) is 3.54. The van der Waals surface area contributed by atoms with Gasteiger partial charge in [-0.15, -0.1) is 0 Å². The molecule has 1 aromatic heterocycles. The summed E-state index contributed by atoms with van der Waals surface area (Å²) in [6, 6.07) is 1.88. The van der Waals surface area contributed by atoms with Crippen molar-refractivity contribution in [2.24, 2.45) is 5.84 Å². The highest BCUT2D eigenvalue weighted by molar-refractivity contribution is 5.58. The lowest BCUT2D eigenvalue weighted by Crippen LogP contribution is -2.49. The fourth-order valence-corrected chi connectivity index (χ4v) is 3.24. The lowest BCUT2D eigenvalue weighted by molar-refractivity contribution is -0.0964. The lowest BCUT2D eigenvalue weighted by Gasteiger charge is -2.36. The third-order valence-corrected chi connectivity index (χ3v) is 4.59. The van der Waals surface area contributed by atoms with Crippen molar-refractivity contribution < 1.29 is 19.7 Å². The number of aromatic nitrogens is 1. The number of H-pyrrole nitrogens is 1. The van der Waals surface area contributed by atoms with Crippen LogP contribution in [0.3, 0.4) is 0 Å². The van der Waals surface area contributed by atoms with Crippen molar-refractivity contribution in [3.05, 3.63) is 30.2 Å². The minimum Gasteiger partial charge on any atom is -0.394 e. The summed E-state index contributed by atoms with van der Waals surface area (Å²) >= 11 is 0. The molecule has 0 spiro atoms. The van der Waals surface area contributed by atoms with Gasteiger partial charge in [0.2, 0.25) is 0 Å². The highest BCUT2D eigenvalue weighted by Crippen LogP contribution is 2.44. The van der Waals surface area contributed by atoms with Gasteiger partial charge < -0.3 is 24.7 Å². The van der Waals surface area contributed by atoms with E-state index in [0.29, 0.717) is 0 Å². The molecule has 21 heavy (non-hydrogen) atoms. The Morgan fingerprint density at radius 2 is 2.33 bits per heavy atom. The maximum absolute atomic E-state index is 10.4. The van der Waals surface area contributed by atoms with E-state index in [1.165, 1.54) is 12.1 Å². The van der Waals surface area contributed by atoms with E-state index in [2.05, 4.69) is 4.98 Å². The first-order chi connectivity index (χ1) is 10.0. The van der Waals surface area contributed by atoms with E-state index >= 15 is 0 Å². The Labute approximate surface area is 122 Å². The number of hydrazine groups is 1. The van der Waals surface area contributed by atoms with Gasteiger partial charge in [-0.1, -0.05) is 6.08 Å². The molecule has 116 valence electrons. The summed E-state index contributed by atoms with van der Waals surface area (Å²) in [6.45, 7) is 1.54. The molecule has 1 aromatic rings. The molecule has 0 amide bonds. The number of aromatic amines is 1. The van der Waals surface area contributed by atoms with Crippen molar-refractivity contribution in [2.45, 2.75) is 36.8 Å². The van der Waals surface area contributed by atoms with Gasteiger partial charge in [-0.3, -0.25) is 5.01 Å². The summed E-state index contributed by atoms with van der Waals surface area (Å²) in [5.41, 5.74) is 0.840. The number of rotatable bonds is 3. The zero-order valence-electron chi connectivity index (χ0n) is 12.1. The predicted octanol–water partition coefficient (Wildman–Crippen LogP) is -0.169. The van der Waals surface area contributed by atoms with E-state index in [0.717, 1.165) is 11.4 Å². The quantitative estimate of drug-likeness (QED) is 0.577. The van der Waals surface area contributed by atoms with Crippen LogP contribution in [-0.4, -0.2) is 52.8 Å². The Balaban J connectivity index is 1.99. The largest absolute Gasteiger partial charge is 0.394 e. The van der Waals surface area contributed by atoms with Crippen LogP contribution >= 0.6 is 0 Å². The first-order valence-corrected chi connectivity index (χ1v) is 6.92. The van der Waals surface area contributed by atoms with Crippen molar-refractivity contribution in [3.63, 3.8) is 0 Å². The van der Waals surface area contributed by atoms with Gasteiger partial charge in [-0.05, 0) is 13.0 Å². The average molecular weight is 295 g/mol. The molecule has 1 saturated heterocycles. The molecule has 1 fully saturated rings. The third kappa shape index (κ3) is 2.01. The molecular weight excluding hydrogens is 274 g/mol. The molecule has 5 atom stereocenters. The number of methoxy groups -OCH3 is 1. The molecular formula is C14H21N3O4. The van der Waals surface area contributed by atoms with Crippen LogP contribution in [0.4, 0.5) is 5.69 Å². The fraction of sp³-hybridized carbons (Fsp3) is 0.571. The van der Waals surface area contributed by atoms with Gasteiger partial charge in [0.25, 0.3) is 0 Å². The monoisotopic (exact) mass is 295 g/mol. The predicted molar refractivity (Wildman–Crippen MR) is 76.5 cm³/mol. The van der Waals surface area contributed by atoms with Crippen molar-refractivity contribution in [2.75, 3.05) is 18.7 Å². The molecule has 1 unspecified atom stereocenters. The number of aliphatic hydroxyl groups is 2. The van der Waals surface area contributed by atoms with Crippen LogP contribution in [0.2, 0.25) is 0 Å². The molecule has 0 aromatic carbocycles. The SMILES string of the molecule is CO[C@]1(C)[C@H](O)[C@@H](CO)O[C@H]1C1C=CN(N)c2cc[nH]c21. The number of hydrogen-bond acceptors (Lipinski definition) is 6. The van der Waals surface area contributed by atoms with Gasteiger partial charge in [-0.25, -0.2) is 5.84 Å². The molecule has 0 aliphatic carbocycles. The van der Waals surface area contributed by atoms with Gasteiger partial charge in [0.05, 0.1) is 23.9 Å². The van der Waals surface area contributed by atoms with Crippen molar-refractivity contribution in [3.8, 4) is 0 Å². The number of nitrogens with zero attached hydrogens (tertiary/aromatic N) is 1. The van der Waals surface area contributed by atoms with Crippen molar-refractivity contribution >= 4 is 5.69 Å².